The molecule has 25 heavy (non-hydrogen) atoms. The molecule has 0 aromatic heterocycles. The molecule has 0 saturated heterocycles. The van der Waals surface area contributed by atoms with E-state index in [1.165, 1.54) is 12.1 Å². The third-order valence-electron chi connectivity index (χ3n) is 3.47. The highest BCUT2D eigenvalue weighted by molar-refractivity contribution is 7.84. The number of hydrogen-bond acceptors (Lipinski definition) is 2. The van der Waals surface area contributed by atoms with E-state index < -0.39 is 10.8 Å². The highest BCUT2D eigenvalue weighted by Gasteiger charge is 2.03. The summed E-state index contributed by atoms with van der Waals surface area (Å²) in [5.41, 5.74) is 2.02. The van der Waals surface area contributed by atoms with Gasteiger partial charge in [0, 0.05) is 35.4 Å². The third kappa shape index (κ3) is 7.47. The minimum Gasteiger partial charge on any atom is -0.357 e. The minimum absolute atomic E-state index is 0.251. The average Bonchev–Trinajstić information content (AvgIpc) is 2.62. The molecule has 4 nitrogen and oxygen atoms in total. The van der Waals surface area contributed by atoms with Gasteiger partial charge in [-0.05, 0) is 30.2 Å². The highest BCUT2D eigenvalue weighted by atomic mass is 32.2. The van der Waals surface area contributed by atoms with Crippen molar-refractivity contribution in [2.24, 2.45) is 4.99 Å². The van der Waals surface area contributed by atoms with E-state index in [4.69, 9.17) is 0 Å². The molecule has 0 aliphatic rings. The summed E-state index contributed by atoms with van der Waals surface area (Å²) in [5.74, 6) is 1.53. The van der Waals surface area contributed by atoms with Gasteiger partial charge >= 0.3 is 0 Å². The molecule has 0 radical (unpaired) electrons. The Morgan fingerprint density at radius 3 is 2.44 bits per heavy atom. The van der Waals surface area contributed by atoms with Gasteiger partial charge in [-0.15, -0.1) is 0 Å². The second kappa shape index (κ2) is 10.6. The quantitative estimate of drug-likeness (QED) is 0.562. The van der Waals surface area contributed by atoms with E-state index in [9.17, 15) is 8.60 Å². The van der Waals surface area contributed by atoms with Crippen LogP contribution in [0, 0.1) is 5.82 Å². The van der Waals surface area contributed by atoms with Gasteiger partial charge in [0.15, 0.2) is 5.96 Å². The lowest BCUT2D eigenvalue weighted by Crippen LogP contribution is -2.39. The van der Waals surface area contributed by atoms with Crippen molar-refractivity contribution in [3.05, 3.63) is 71.5 Å². The van der Waals surface area contributed by atoms with Gasteiger partial charge in [0.25, 0.3) is 0 Å². The van der Waals surface area contributed by atoms with E-state index in [0.717, 1.165) is 17.7 Å². The van der Waals surface area contributed by atoms with Crippen LogP contribution >= 0.6 is 0 Å². The molecule has 0 spiro atoms. The van der Waals surface area contributed by atoms with Crippen LogP contribution in [-0.4, -0.2) is 29.0 Å². The summed E-state index contributed by atoms with van der Waals surface area (Å²) in [6, 6.07) is 16.1. The predicted molar refractivity (Wildman–Crippen MR) is 102 cm³/mol. The van der Waals surface area contributed by atoms with Crippen LogP contribution in [0.25, 0.3) is 0 Å². The van der Waals surface area contributed by atoms with Crippen LogP contribution in [0.2, 0.25) is 0 Å². The van der Waals surface area contributed by atoms with E-state index in [1.54, 1.807) is 12.1 Å². The number of aliphatic imine (C=N–C) groups is 1. The monoisotopic (exact) mass is 361 g/mol. The highest BCUT2D eigenvalue weighted by Crippen LogP contribution is 2.04. The van der Waals surface area contributed by atoms with E-state index in [1.807, 2.05) is 37.3 Å². The molecule has 2 aromatic rings. The molecule has 2 N–H and O–H groups in total. The second-order valence-electron chi connectivity index (χ2n) is 5.52. The second-order valence-corrected chi connectivity index (χ2v) is 7.10. The van der Waals surface area contributed by atoms with Crippen LogP contribution in [0.15, 0.2) is 59.6 Å². The summed E-state index contributed by atoms with van der Waals surface area (Å²) in [5, 5.41) is 6.34. The molecular weight excluding hydrogens is 337 g/mol. The number of guanidine groups is 1. The Bertz CT molecular complexity index is 690. The minimum atomic E-state index is -0.921. The van der Waals surface area contributed by atoms with Crippen molar-refractivity contribution in [1.82, 2.24) is 10.6 Å². The lowest BCUT2D eigenvalue weighted by molar-refractivity contribution is 0.627. The maximum Gasteiger partial charge on any atom is 0.191 e. The summed E-state index contributed by atoms with van der Waals surface area (Å²) >= 11 is 0. The summed E-state index contributed by atoms with van der Waals surface area (Å²) in [4.78, 5) is 4.47. The van der Waals surface area contributed by atoms with Crippen LogP contribution in [0.4, 0.5) is 4.39 Å². The fourth-order valence-electron chi connectivity index (χ4n) is 2.22. The van der Waals surface area contributed by atoms with Crippen molar-refractivity contribution in [3.63, 3.8) is 0 Å². The van der Waals surface area contributed by atoms with Gasteiger partial charge in [-0.1, -0.05) is 42.5 Å². The Balaban J connectivity index is 1.79. The molecule has 0 aliphatic carbocycles. The topological polar surface area (TPSA) is 53.5 Å². The van der Waals surface area contributed by atoms with Crippen molar-refractivity contribution in [1.29, 1.82) is 0 Å². The van der Waals surface area contributed by atoms with Crippen LogP contribution in [0.3, 0.4) is 0 Å². The Morgan fingerprint density at radius 1 is 1.04 bits per heavy atom. The number of nitrogens with zero attached hydrogens (tertiary/aromatic N) is 1. The number of hydrogen-bond donors (Lipinski definition) is 2. The van der Waals surface area contributed by atoms with Gasteiger partial charge in [0.2, 0.25) is 0 Å². The normalized spacial score (nSPS) is 12.6. The van der Waals surface area contributed by atoms with Gasteiger partial charge < -0.3 is 10.6 Å². The number of nitrogens with one attached hydrogen (secondary N) is 2. The Morgan fingerprint density at radius 2 is 1.76 bits per heavy atom. The standard InChI is InChI=1S/C19H24FN3OS/c1-2-21-19(23-14-16-8-10-18(20)11-9-16)22-12-13-25(24)15-17-6-4-3-5-7-17/h3-11H,2,12-15H2,1H3,(H2,21,22,23). The van der Waals surface area contributed by atoms with Crippen molar-refractivity contribution in [3.8, 4) is 0 Å². The Kier molecular flexibility index (Phi) is 8.12. The van der Waals surface area contributed by atoms with Crippen molar-refractivity contribution < 1.29 is 8.60 Å². The molecule has 2 rings (SSSR count). The first-order valence-electron chi connectivity index (χ1n) is 8.33. The summed E-state index contributed by atoms with van der Waals surface area (Å²) < 4.78 is 25.1. The maximum absolute atomic E-state index is 12.9. The van der Waals surface area contributed by atoms with Gasteiger partial charge in [0.05, 0.1) is 6.54 Å². The molecule has 1 unspecified atom stereocenters. The summed E-state index contributed by atoms with van der Waals surface area (Å²) in [6.07, 6.45) is 0. The maximum atomic E-state index is 12.9. The molecule has 0 heterocycles. The lowest BCUT2D eigenvalue weighted by Gasteiger charge is -2.11. The predicted octanol–water partition coefficient (Wildman–Crippen LogP) is 2.83. The molecular formula is C19H24FN3OS. The summed E-state index contributed by atoms with van der Waals surface area (Å²) in [7, 11) is -0.921. The molecule has 2 aromatic carbocycles. The average molecular weight is 361 g/mol. The van der Waals surface area contributed by atoms with Crippen LogP contribution in [-0.2, 0) is 23.1 Å². The first-order valence-corrected chi connectivity index (χ1v) is 9.81. The molecule has 134 valence electrons. The molecule has 0 aliphatic heterocycles. The largest absolute Gasteiger partial charge is 0.357 e. The number of rotatable bonds is 8. The van der Waals surface area contributed by atoms with Gasteiger partial charge in [-0.2, -0.15) is 0 Å². The number of halogens is 1. The third-order valence-corrected chi connectivity index (χ3v) is 4.78. The van der Waals surface area contributed by atoms with E-state index >= 15 is 0 Å². The Labute approximate surface area is 151 Å². The van der Waals surface area contributed by atoms with Gasteiger partial charge in [-0.25, -0.2) is 9.38 Å². The van der Waals surface area contributed by atoms with Crippen LogP contribution < -0.4 is 10.6 Å². The van der Waals surface area contributed by atoms with Crippen LogP contribution in [0.1, 0.15) is 18.1 Å². The van der Waals surface area contributed by atoms with Crippen LogP contribution in [0.5, 0.6) is 0 Å². The van der Waals surface area contributed by atoms with Gasteiger partial charge in [0.1, 0.15) is 5.82 Å². The summed E-state index contributed by atoms with van der Waals surface area (Å²) in [6.45, 7) is 3.77. The molecule has 0 bridgehead atoms. The van der Waals surface area contributed by atoms with E-state index in [2.05, 4.69) is 15.6 Å². The number of benzene rings is 2. The Hall–Kier alpha value is -2.21. The van der Waals surface area contributed by atoms with Crippen molar-refractivity contribution >= 4 is 16.8 Å². The molecule has 0 saturated carbocycles. The van der Waals surface area contributed by atoms with E-state index in [-0.39, 0.29) is 5.82 Å². The molecule has 0 amide bonds. The molecule has 6 heteroatoms. The zero-order chi connectivity index (χ0) is 17.9. The lowest BCUT2D eigenvalue weighted by atomic mass is 10.2. The molecule has 0 fully saturated rings. The van der Waals surface area contributed by atoms with Gasteiger partial charge in [-0.3, -0.25) is 4.21 Å². The fraction of sp³-hybridized carbons (Fsp3) is 0.316. The first kappa shape index (κ1) is 19.1. The van der Waals surface area contributed by atoms with Crippen molar-refractivity contribution in [2.75, 3.05) is 18.8 Å². The van der Waals surface area contributed by atoms with Crippen molar-refractivity contribution in [2.45, 2.75) is 19.2 Å². The SMILES string of the molecule is CCNC(=NCc1ccc(F)cc1)NCCS(=O)Cc1ccccc1. The zero-order valence-corrected chi connectivity index (χ0v) is 15.2. The molecule has 1 atom stereocenters. The first-order chi connectivity index (χ1) is 12.2. The smallest absolute Gasteiger partial charge is 0.191 e. The van der Waals surface area contributed by atoms with E-state index in [0.29, 0.717) is 30.6 Å². The zero-order valence-electron chi connectivity index (χ0n) is 14.4. The fourth-order valence-corrected chi connectivity index (χ4v) is 3.26.